The summed E-state index contributed by atoms with van der Waals surface area (Å²) in [6, 6.07) is 16.2. The third-order valence-electron chi connectivity index (χ3n) is 4.51. The van der Waals surface area contributed by atoms with E-state index in [4.69, 9.17) is 4.98 Å². The highest BCUT2D eigenvalue weighted by Crippen LogP contribution is 2.29. The normalized spacial score (nSPS) is 14.8. The van der Waals surface area contributed by atoms with Gasteiger partial charge in [-0.3, -0.25) is 4.79 Å². The summed E-state index contributed by atoms with van der Waals surface area (Å²) in [5.74, 6) is 1.14. The van der Waals surface area contributed by atoms with Crippen LogP contribution in [-0.4, -0.2) is 47.7 Å². The van der Waals surface area contributed by atoms with E-state index in [9.17, 15) is 4.79 Å². The van der Waals surface area contributed by atoms with Gasteiger partial charge < -0.3 is 9.80 Å². The molecule has 4 nitrogen and oxygen atoms in total. The van der Waals surface area contributed by atoms with Crippen LogP contribution in [0.4, 0.5) is 5.13 Å². The summed E-state index contributed by atoms with van der Waals surface area (Å²) in [6.45, 7) is 5.25. The number of amides is 1. The van der Waals surface area contributed by atoms with Gasteiger partial charge in [0, 0.05) is 36.6 Å². The molecule has 1 fully saturated rings. The number of carbonyl (C=O) groups excluding carboxylic acids is 1. The fourth-order valence-corrected chi connectivity index (χ4v) is 4.90. The molecule has 26 heavy (non-hydrogen) atoms. The molecule has 1 aromatic heterocycles. The number of piperazine rings is 1. The third-order valence-corrected chi connectivity index (χ3v) is 6.49. The molecule has 6 heteroatoms. The first-order chi connectivity index (χ1) is 12.7. The van der Waals surface area contributed by atoms with Crippen molar-refractivity contribution in [2.24, 2.45) is 0 Å². The molecule has 0 N–H and O–H groups in total. The Morgan fingerprint density at radius 1 is 1.12 bits per heavy atom. The zero-order valence-electron chi connectivity index (χ0n) is 14.7. The highest BCUT2D eigenvalue weighted by atomic mass is 32.2. The highest BCUT2D eigenvalue weighted by molar-refractivity contribution is 7.99. The Hall–Kier alpha value is -2.05. The summed E-state index contributed by atoms with van der Waals surface area (Å²) in [7, 11) is 0. The molecule has 0 bridgehead atoms. The monoisotopic (exact) mass is 383 g/mol. The summed E-state index contributed by atoms with van der Waals surface area (Å²) >= 11 is 3.49. The minimum Gasteiger partial charge on any atom is -0.345 e. The zero-order valence-corrected chi connectivity index (χ0v) is 16.4. The molecule has 134 valence electrons. The predicted molar refractivity (Wildman–Crippen MR) is 111 cm³/mol. The number of fused-ring (bicyclic) bond motifs is 1. The van der Waals surface area contributed by atoms with Gasteiger partial charge in [0.05, 0.1) is 10.2 Å². The molecule has 0 aliphatic carbocycles. The van der Waals surface area contributed by atoms with Crippen molar-refractivity contribution in [1.82, 2.24) is 9.88 Å². The molecular formula is C20H21N3OS2. The second-order valence-electron chi connectivity index (χ2n) is 6.20. The molecule has 1 aliphatic heterocycles. The average Bonchev–Trinajstić information content (AvgIpc) is 3.12. The van der Waals surface area contributed by atoms with Crippen molar-refractivity contribution in [3.8, 4) is 0 Å². The Balaban J connectivity index is 1.43. The van der Waals surface area contributed by atoms with E-state index in [-0.39, 0.29) is 5.91 Å². The van der Waals surface area contributed by atoms with Gasteiger partial charge >= 0.3 is 0 Å². The molecule has 2 heterocycles. The van der Waals surface area contributed by atoms with Crippen molar-refractivity contribution >= 4 is 44.4 Å². The van der Waals surface area contributed by atoms with E-state index in [1.165, 1.54) is 4.70 Å². The predicted octanol–water partition coefficient (Wildman–Crippen LogP) is 4.37. The molecule has 1 saturated heterocycles. The number of carbonyl (C=O) groups is 1. The maximum Gasteiger partial charge on any atom is 0.254 e. The van der Waals surface area contributed by atoms with Crippen LogP contribution in [0.1, 0.15) is 17.3 Å². The zero-order chi connectivity index (χ0) is 17.9. The Labute approximate surface area is 161 Å². The van der Waals surface area contributed by atoms with Crippen LogP contribution in [0, 0.1) is 0 Å². The van der Waals surface area contributed by atoms with Gasteiger partial charge in [0.15, 0.2) is 5.13 Å². The summed E-state index contributed by atoms with van der Waals surface area (Å²) in [5.41, 5.74) is 1.84. The van der Waals surface area contributed by atoms with Crippen LogP contribution in [0.15, 0.2) is 53.4 Å². The first-order valence-corrected chi connectivity index (χ1v) is 10.7. The largest absolute Gasteiger partial charge is 0.345 e. The van der Waals surface area contributed by atoms with E-state index in [2.05, 4.69) is 30.0 Å². The lowest BCUT2D eigenvalue weighted by Crippen LogP contribution is -2.48. The van der Waals surface area contributed by atoms with E-state index in [0.29, 0.717) is 0 Å². The standard InChI is InChI=1S/C20H21N3OS2/c1-2-25-16-7-5-6-15(14-16)19(24)22-10-12-23(13-11-22)20-21-17-8-3-4-9-18(17)26-20/h3-9,14H,2,10-13H2,1H3. The van der Waals surface area contributed by atoms with Crippen molar-refractivity contribution in [3.05, 3.63) is 54.1 Å². The van der Waals surface area contributed by atoms with Crippen molar-refractivity contribution in [2.45, 2.75) is 11.8 Å². The third kappa shape index (κ3) is 3.57. The van der Waals surface area contributed by atoms with Gasteiger partial charge in [-0.15, -0.1) is 11.8 Å². The van der Waals surface area contributed by atoms with Crippen LogP contribution in [-0.2, 0) is 0 Å². The molecular weight excluding hydrogens is 362 g/mol. The number of thioether (sulfide) groups is 1. The quantitative estimate of drug-likeness (QED) is 0.627. The number of thiazole rings is 1. The molecule has 1 amide bonds. The van der Waals surface area contributed by atoms with Gasteiger partial charge in [0.1, 0.15) is 0 Å². The fraction of sp³-hybridized carbons (Fsp3) is 0.300. The maximum absolute atomic E-state index is 12.8. The Morgan fingerprint density at radius 2 is 1.92 bits per heavy atom. The van der Waals surface area contributed by atoms with Gasteiger partial charge in [-0.25, -0.2) is 4.98 Å². The second kappa shape index (κ2) is 7.68. The number of benzene rings is 2. The van der Waals surface area contributed by atoms with E-state index in [0.717, 1.165) is 53.0 Å². The molecule has 0 spiro atoms. The smallest absolute Gasteiger partial charge is 0.254 e. The lowest BCUT2D eigenvalue weighted by Gasteiger charge is -2.34. The maximum atomic E-state index is 12.8. The molecule has 3 aromatic rings. The van der Waals surface area contributed by atoms with Gasteiger partial charge in [-0.1, -0.05) is 36.5 Å². The SMILES string of the molecule is CCSc1cccc(C(=O)N2CCN(c3nc4ccccc4s3)CC2)c1. The first kappa shape index (κ1) is 17.4. The lowest BCUT2D eigenvalue weighted by atomic mass is 10.2. The van der Waals surface area contributed by atoms with Crippen molar-refractivity contribution < 1.29 is 4.79 Å². The number of para-hydroxylation sites is 1. The van der Waals surface area contributed by atoms with E-state index >= 15 is 0 Å². The Kier molecular flexibility index (Phi) is 5.13. The van der Waals surface area contributed by atoms with Crippen LogP contribution < -0.4 is 4.90 Å². The number of hydrogen-bond donors (Lipinski definition) is 0. The summed E-state index contributed by atoms with van der Waals surface area (Å²) in [4.78, 5) is 23.0. The van der Waals surface area contributed by atoms with E-state index < -0.39 is 0 Å². The topological polar surface area (TPSA) is 36.4 Å². The van der Waals surface area contributed by atoms with Gasteiger partial charge in [0.2, 0.25) is 0 Å². The minimum atomic E-state index is 0.132. The molecule has 0 atom stereocenters. The van der Waals surface area contributed by atoms with Gasteiger partial charge in [-0.2, -0.15) is 0 Å². The van der Waals surface area contributed by atoms with E-state index in [1.807, 2.05) is 35.2 Å². The lowest BCUT2D eigenvalue weighted by molar-refractivity contribution is 0.0746. The average molecular weight is 384 g/mol. The molecule has 2 aromatic carbocycles. The van der Waals surface area contributed by atoms with Crippen molar-refractivity contribution in [1.29, 1.82) is 0 Å². The molecule has 0 saturated carbocycles. The first-order valence-electron chi connectivity index (χ1n) is 8.87. The second-order valence-corrected chi connectivity index (χ2v) is 8.55. The van der Waals surface area contributed by atoms with Crippen LogP contribution >= 0.6 is 23.1 Å². The number of hydrogen-bond acceptors (Lipinski definition) is 5. The Morgan fingerprint density at radius 3 is 2.69 bits per heavy atom. The number of aromatic nitrogens is 1. The summed E-state index contributed by atoms with van der Waals surface area (Å²) < 4.78 is 1.21. The highest BCUT2D eigenvalue weighted by Gasteiger charge is 2.24. The minimum absolute atomic E-state index is 0.132. The van der Waals surface area contributed by atoms with Crippen molar-refractivity contribution in [2.75, 3.05) is 36.8 Å². The Bertz CT molecular complexity index is 883. The van der Waals surface area contributed by atoms with Crippen LogP contribution in [0.3, 0.4) is 0 Å². The number of rotatable bonds is 4. The molecule has 0 radical (unpaired) electrons. The van der Waals surface area contributed by atoms with Crippen LogP contribution in [0.2, 0.25) is 0 Å². The van der Waals surface area contributed by atoms with Gasteiger partial charge in [-0.05, 0) is 36.1 Å². The van der Waals surface area contributed by atoms with Crippen LogP contribution in [0.25, 0.3) is 10.2 Å². The van der Waals surface area contributed by atoms with Crippen LogP contribution in [0.5, 0.6) is 0 Å². The number of nitrogens with zero attached hydrogens (tertiary/aromatic N) is 3. The molecule has 0 unspecified atom stereocenters. The van der Waals surface area contributed by atoms with Crippen molar-refractivity contribution in [3.63, 3.8) is 0 Å². The summed E-state index contributed by atoms with van der Waals surface area (Å²) in [6.07, 6.45) is 0. The molecule has 4 rings (SSSR count). The fourth-order valence-electron chi connectivity index (χ4n) is 3.16. The molecule has 1 aliphatic rings. The summed E-state index contributed by atoms with van der Waals surface area (Å²) in [5, 5.41) is 1.06. The number of anilines is 1. The van der Waals surface area contributed by atoms with Gasteiger partial charge in [0.25, 0.3) is 5.91 Å². The van der Waals surface area contributed by atoms with E-state index in [1.54, 1.807) is 23.1 Å².